The third-order valence-corrected chi connectivity index (χ3v) is 6.22. The second-order valence-electron chi connectivity index (χ2n) is 7.07. The normalized spacial score (nSPS) is 16.7. The van der Waals surface area contributed by atoms with Crippen LogP contribution >= 0.6 is 22.9 Å². The fourth-order valence-electron chi connectivity index (χ4n) is 3.56. The smallest absolute Gasteiger partial charge is 0.323 e. The summed E-state index contributed by atoms with van der Waals surface area (Å²) in [6.45, 7) is 1.29. The molecule has 2 aromatic heterocycles. The van der Waals surface area contributed by atoms with Gasteiger partial charge in [-0.25, -0.2) is 14.8 Å². The van der Waals surface area contributed by atoms with Crippen LogP contribution in [0.4, 0.5) is 15.6 Å². The zero-order valence-corrected chi connectivity index (χ0v) is 18.3. The molecule has 0 radical (unpaired) electrons. The number of urea groups is 1. The van der Waals surface area contributed by atoms with Gasteiger partial charge in [0.1, 0.15) is 18.2 Å². The highest BCUT2D eigenvalue weighted by atomic mass is 35.5. The predicted octanol–water partition coefficient (Wildman–Crippen LogP) is 2.82. The summed E-state index contributed by atoms with van der Waals surface area (Å²) in [6, 6.07) is 8.02. The third kappa shape index (κ3) is 4.55. The monoisotopic (exact) mass is 460 g/mol. The number of nitrogen functional groups attached to an aromatic ring is 1. The molecule has 31 heavy (non-hydrogen) atoms. The first-order valence-corrected chi connectivity index (χ1v) is 10.8. The van der Waals surface area contributed by atoms with Crippen molar-refractivity contribution in [2.75, 3.05) is 37.9 Å². The number of methoxy groups -OCH3 is 1. The van der Waals surface area contributed by atoms with Crippen LogP contribution in [0.2, 0.25) is 4.34 Å². The first kappa shape index (κ1) is 21.3. The molecule has 3 heterocycles. The Morgan fingerprint density at radius 1 is 1.32 bits per heavy atom. The number of carbonyl (C=O) groups is 2. The third-order valence-electron chi connectivity index (χ3n) is 5.08. The van der Waals surface area contributed by atoms with Crippen molar-refractivity contribution in [2.45, 2.75) is 12.6 Å². The van der Waals surface area contributed by atoms with E-state index in [0.29, 0.717) is 34.8 Å². The number of ether oxygens (including phenoxy) is 1. The van der Waals surface area contributed by atoms with E-state index in [1.807, 2.05) is 18.2 Å². The van der Waals surface area contributed by atoms with Gasteiger partial charge in [-0.05, 0) is 29.8 Å². The molecule has 0 unspecified atom stereocenters. The SMILES string of the molecule is COC[C@H]1C(=O)N(Cc2ccc3c(N)ncnc3c2)CCN1C(=O)Nc1ccc(Cl)s1. The number of anilines is 2. The number of thiophene rings is 1. The molecule has 4 rings (SSSR count). The fraction of sp³-hybridized carbons (Fsp3) is 0.300. The number of fused-ring (bicyclic) bond motifs is 1. The summed E-state index contributed by atoms with van der Waals surface area (Å²) in [6.07, 6.45) is 1.42. The molecule has 0 aliphatic carbocycles. The van der Waals surface area contributed by atoms with E-state index in [1.165, 1.54) is 29.7 Å². The number of rotatable bonds is 5. The Hall–Kier alpha value is -2.95. The molecule has 162 valence electrons. The maximum atomic E-state index is 13.2. The summed E-state index contributed by atoms with van der Waals surface area (Å²) in [7, 11) is 1.51. The van der Waals surface area contributed by atoms with Gasteiger partial charge in [-0.2, -0.15) is 0 Å². The fourth-order valence-corrected chi connectivity index (χ4v) is 4.49. The highest BCUT2D eigenvalue weighted by molar-refractivity contribution is 7.20. The van der Waals surface area contributed by atoms with Crippen molar-refractivity contribution in [3.63, 3.8) is 0 Å². The van der Waals surface area contributed by atoms with E-state index in [2.05, 4.69) is 15.3 Å². The Bertz CT molecular complexity index is 1120. The summed E-state index contributed by atoms with van der Waals surface area (Å²) in [5, 5.41) is 4.19. The van der Waals surface area contributed by atoms with E-state index < -0.39 is 6.04 Å². The van der Waals surface area contributed by atoms with Crippen molar-refractivity contribution in [2.24, 2.45) is 0 Å². The number of amides is 3. The van der Waals surface area contributed by atoms with E-state index in [1.54, 1.807) is 17.0 Å². The summed E-state index contributed by atoms with van der Waals surface area (Å²) < 4.78 is 5.81. The van der Waals surface area contributed by atoms with Crippen LogP contribution in [0.3, 0.4) is 0 Å². The molecule has 11 heteroatoms. The molecule has 1 aliphatic rings. The standard InChI is InChI=1S/C20H21ClN6O3S/c1-30-10-15-19(28)26(6-7-27(15)20(29)25-17-5-4-16(21)31-17)9-12-2-3-13-14(8-12)23-11-24-18(13)22/h2-5,8,11,15H,6-7,9-10H2,1H3,(H,25,29)(H2,22,23,24)/t15-/m0/s1. The van der Waals surface area contributed by atoms with E-state index in [0.717, 1.165) is 16.5 Å². The highest BCUT2D eigenvalue weighted by Crippen LogP contribution is 2.27. The zero-order valence-electron chi connectivity index (χ0n) is 16.7. The van der Waals surface area contributed by atoms with Crippen LogP contribution in [0.1, 0.15) is 5.56 Å². The lowest BCUT2D eigenvalue weighted by atomic mass is 10.1. The first-order chi connectivity index (χ1) is 15.0. The van der Waals surface area contributed by atoms with Gasteiger partial charge in [-0.15, -0.1) is 11.3 Å². The van der Waals surface area contributed by atoms with Crippen LogP contribution in [0.5, 0.6) is 0 Å². The Morgan fingerprint density at radius 3 is 2.90 bits per heavy atom. The molecule has 0 bridgehead atoms. The molecule has 1 aliphatic heterocycles. The molecule has 3 aromatic rings. The molecule has 1 fully saturated rings. The minimum atomic E-state index is -0.715. The average molecular weight is 461 g/mol. The number of hydrogen-bond donors (Lipinski definition) is 2. The van der Waals surface area contributed by atoms with Crippen LogP contribution < -0.4 is 11.1 Å². The Morgan fingerprint density at radius 2 is 2.16 bits per heavy atom. The Labute approximate surface area is 187 Å². The highest BCUT2D eigenvalue weighted by Gasteiger charge is 2.37. The zero-order chi connectivity index (χ0) is 22.0. The van der Waals surface area contributed by atoms with E-state index in [-0.39, 0.29) is 18.5 Å². The quantitative estimate of drug-likeness (QED) is 0.605. The number of carbonyl (C=O) groups excluding carboxylic acids is 2. The van der Waals surface area contributed by atoms with E-state index in [4.69, 9.17) is 22.1 Å². The minimum absolute atomic E-state index is 0.107. The largest absolute Gasteiger partial charge is 0.383 e. The summed E-state index contributed by atoms with van der Waals surface area (Å²) in [5.41, 5.74) is 7.52. The van der Waals surface area contributed by atoms with Crippen LogP contribution in [-0.4, -0.2) is 64.6 Å². The van der Waals surface area contributed by atoms with Gasteiger partial charge in [-0.3, -0.25) is 10.1 Å². The average Bonchev–Trinajstić information content (AvgIpc) is 3.15. The van der Waals surface area contributed by atoms with Gasteiger partial charge in [0.15, 0.2) is 0 Å². The van der Waals surface area contributed by atoms with Crippen molar-refractivity contribution in [1.82, 2.24) is 19.8 Å². The number of nitrogens with two attached hydrogens (primary N) is 1. The van der Waals surface area contributed by atoms with Gasteiger partial charge in [0.25, 0.3) is 0 Å². The number of nitrogens with one attached hydrogen (secondary N) is 1. The second-order valence-corrected chi connectivity index (χ2v) is 8.78. The lowest BCUT2D eigenvalue weighted by Gasteiger charge is -2.40. The van der Waals surface area contributed by atoms with Crippen molar-refractivity contribution in [1.29, 1.82) is 0 Å². The molecule has 1 atom stereocenters. The van der Waals surface area contributed by atoms with Crippen LogP contribution in [-0.2, 0) is 16.1 Å². The van der Waals surface area contributed by atoms with Crippen molar-refractivity contribution < 1.29 is 14.3 Å². The van der Waals surface area contributed by atoms with Gasteiger partial charge < -0.3 is 20.3 Å². The second kappa shape index (κ2) is 9.04. The number of halogens is 1. The lowest BCUT2D eigenvalue weighted by molar-refractivity contribution is -0.142. The topological polar surface area (TPSA) is 114 Å². The first-order valence-electron chi connectivity index (χ1n) is 9.56. The maximum Gasteiger partial charge on any atom is 0.323 e. The molecule has 1 aromatic carbocycles. The summed E-state index contributed by atoms with van der Waals surface area (Å²) >= 11 is 7.19. The molecular formula is C20H21ClN6O3S. The Balaban J connectivity index is 1.49. The number of nitrogens with zero attached hydrogens (tertiary/aromatic N) is 4. The summed E-state index contributed by atoms with van der Waals surface area (Å²) in [5.74, 6) is 0.245. The molecule has 9 nitrogen and oxygen atoms in total. The summed E-state index contributed by atoms with van der Waals surface area (Å²) in [4.78, 5) is 37.4. The van der Waals surface area contributed by atoms with E-state index in [9.17, 15) is 9.59 Å². The van der Waals surface area contributed by atoms with Gasteiger partial charge >= 0.3 is 6.03 Å². The van der Waals surface area contributed by atoms with Crippen LogP contribution in [0.25, 0.3) is 10.9 Å². The van der Waals surface area contributed by atoms with Gasteiger partial charge in [0.2, 0.25) is 5.91 Å². The molecule has 0 spiro atoms. The predicted molar refractivity (Wildman–Crippen MR) is 120 cm³/mol. The number of benzene rings is 1. The molecule has 0 saturated carbocycles. The maximum absolute atomic E-state index is 13.2. The molecular weight excluding hydrogens is 440 g/mol. The van der Waals surface area contributed by atoms with Crippen molar-refractivity contribution in [3.8, 4) is 0 Å². The minimum Gasteiger partial charge on any atom is -0.383 e. The van der Waals surface area contributed by atoms with Gasteiger partial charge in [0.05, 0.1) is 21.5 Å². The molecule has 1 saturated heterocycles. The van der Waals surface area contributed by atoms with Crippen molar-refractivity contribution in [3.05, 3.63) is 46.6 Å². The van der Waals surface area contributed by atoms with Gasteiger partial charge in [0, 0.05) is 32.1 Å². The number of hydrogen-bond acceptors (Lipinski definition) is 7. The van der Waals surface area contributed by atoms with Crippen LogP contribution in [0.15, 0.2) is 36.7 Å². The number of piperazine rings is 1. The van der Waals surface area contributed by atoms with Crippen LogP contribution in [0, 0.1) is 0 Å². The molecule has 3 amide bonds. The van der Waals surface area contributed by atoms with E-state index >= 15 is 0 Å². The van der Waals surface area contributed by atoms with Gasteiger partial charge in [-0.1, -0.05) is 17.7 Å². The van der Waals surface area contributed by atoms with Crippen molar-refractivity contribution >= 4 is 56.6 Å². The lowest BCUT2D eigenvalue weighted by Crippen LogP contribution is -2.60. The Kier molecular flexibility index (Phi) is 6.21. The molecule has 3 N–H and O–H groups in total. The number of aromatic nitrogens is 2.